The van der Waals surface area contributed by atoms with Gasteiger partial charge in [0.15, 0.2) is 0 Å². The van der Waals surface area contributed by atoms with Crippen molar-refractivity contribution in [2.75, 3.05) is 7.11 Å². The van der Waals surface area contributed by atoms with E-state index in [0.717, 1.165) is 21.5 Å². The SMILES string of the molecule is COc1ccc2[nH]c(=O)c(CN(Cc3cccs3)C(=O)c3cccs3)cc2c1. The van der Waals surface area contributed by atoms with Gasteiger partial charge in [0.1, 0.15) is 5.75 Å². The number of aromatic nitrogens is 1. The minimum atomic E-state index is -0.187. The number of thiophene rings is 2. The van der Waals surface area contributed by atoms with E-state index in [-0.39, 0.29) is 18.0 Å². The number of carbonyl (C=O) groups excluding carboxylic acids is 1. The van der Waals surface area contributed by atoms with E-state index in [4.69, 9.17) is 4.74 Å². The number of ether oxygens (including phenoxy) is 1. The van der Waals surface area contributed by atoms with Crippen LogP contribution in [0.2, 0.25) is 0 Å². The number of rotatable bonds is 6. The Morgan fingerprint density at radius 1 is 1.07 bits per heavy atom. The first-order chi connectivity index (χ1) is 13.6. The van der Waals surface area contributed by atoms with Crippen LogP contribution in [0.1, 0.15) is 20.1 Å². The molecule has 0 fully saturated rings. The monoisotopic (exact) mass is 410 g/mol. The number of nitrogens with one attached hydrogen (secondary N) is 1. The van der Waals surface area contributed by atoms with Gasteiger partial charge in [-0.3, -0.25) is 9.59 Å². The fraction of sp³-hybridized carbons (Fsp3) is 0.143. The third-order valence-corrected chi connectivity index (χ3v) is 6.15. The highest BCUT2D eigenvalue weighted by Crippen LogP contribution is 2.22. The molecule has 1 amide bonds. The van der Waals surface area contributed by atoms with Gasteiger partial charge in [0.2, 0.25) is 0 Å². The number of hydrogen-bond donors (Lipinski definition) is 1. The quantitative estimate of drug-likeness (QED) is 0.509. The van der Waals surface area contributed by atoms with E-state index < -0.39 is 0 Å². The Morgan fingerprint density at radius 3 is 2.61 bits per heavy atom. The normalized spacial score (nSPS) is 10.9. The molecule has 0 spiro atoms. The van der Waals surface area contributed by atoms with Gasteiger partial charge in [-0.1, -0.05) is 12.1 Å². The molecule has 4 rings (SSSR count). The average molecular weight is 411 g/mol. The fourth-order valence-corrected chi connectivity index (χ4v) is 4.44. The molecule has 142 valence electrons. The number of methoxy groups -OCH3 is 1. The van der Waals surface area contributed by atoms with Crippen LogP contribution in [0.25, 0.3) is 10.9 Å². The van der Waals surface area contributed by atoms with E-state index in [0.29, 0.717) is 17.0 Å². The maximum Gasteiger partial charge on any atom is 0.264 e. The van der Waals surface area contributed by atoms with Crippen LogP contribution in [0.4, 0.5) is 0 Å². The van der Waals surface area contributed by atoms with Gasteiger partial charge in [-0.05, 0) is 47.2 Å². The molecule has 0 aliphatic carbocycles. The lowest BCUT2D eigenvalue weighted by Crippen LogP contribution is -2.31. The summed E-state index contributed by atoms with van der Waals surface area (Å²) in [6.45, 7) is 0.696. The predicted molar refractivity (Wildman–Crippen MR) is 113 cm³/mol. The molecule has 3 aromatic heterocycles. The zero-order valence-electron chi connectivity index (χ0n) is 15.2. The highest BCUT2D eigenvalue weighted by atomic mass is 32.1. The summed E-state index contributed by atoms with van der Waals surface area (Å²) in [7, 11) is 1.61. The summed E-state index contributed by atoms with van der Waals surface area (Å²) in [5.74, 6) is 0.643. The second kappa shape index (κ2) is 8.00. The minimum absolute atomic E-state index is 0.0754. The van der Waals surface area contributed by atoms with Crippen molar-refractivity contribution in [3.63, 3.8) is 0 Å². The maximum atomic E-state index is 13.0. The molecule has 0 bridgehead atoms. The Morgan fingerprint density at radius 2 is 1.89 bits per heavy atom. The fourth-order valence-electron chi connectivity index (χ4n) is 3.03. The Labute approximate surface area is 169 Å². The Hall–Kier alpha value is -2.90. The number of fused-ring (bicyclic) bond motifs is 1. The molecular formula is C21H18N2O3S2. The molecule has 0 saturated carbocycles. The number of carbonyl (C=O) groups is 1. The largest absolute Gasteiger partial charge is 0.497 e. The third-order valence-electron chi connectivity index (χ3n) is 4.44. The molecule has 0 aliphatic heterocycles. The lowest BCUT2D eigenvalue weighted by atomic mass is 10.1. The van der Waals surface area contributed by atoms with Gasteiger partial charge >= 0.3 is 0 Å². The summed E-state index contributed by atoms with van der Waals surface area (Å²) in [4.78, 5) is 32.0. The highest BCUT2D eigenvalue weighted by Gasteiger charge is 2.19. The van der Waals surface area contributed by atoms with Crippen molar-refractivity contribution in [1.82, 2.24) is 9.88 Å². The molecule has 1 N–H and O–H groups in total. The lowest BCUT2D eigenvalue weighted by Gasteiger charge is -2.21. The molecule has 1 aromatic carbocycles. The van der Waals surface area contributed by atoms with Crippen molar-refractivity contribution in [3.05, 3.63) is 85.0 Å². The number of benzene rings is 1. The first-order valence-corrected chi connectivity index (χ1v) is 10.4. The van der Waals surface area contributed by atoms with E-state index in [9.17, 15) is 9.59 Å². The van der Waals surface area contributed by atoms with Gasteiger partial charge in [0.25, 0.3) is 11.5 Å². The summed E-state index contributed by atoms with van der Waals surface area (Å²) in [5, 5.41) is 4.73. The van der Waals surface area contributed by atoms with Crippen molar-refractivity contribution in [2.24, 2.45) is 0 Å². The highest BCUT2D eigenvalue weighted by molar-refractivity contribution is 7.12. The first-order valence-electron chi connectivity index (χ1n) is 8.69. The van der Waals surface area contributed by atoms with Crippen molar-refractivity contribution >= 4 is 39.5 Å². The molecule has 4 aromatic rings. The van der Waals surface area contributed by atoms with Crippen LogP contribution in [0.3, 0.4) is 0 Å². The van der Waals surface area contributed by atoms with E-state index >= 15 is 0 Å². The summed E-state index contributed by atoms with van der Waals surface area (Å²) < 4.78 is 5.28. The summed E-state index contributed by atoms with van der Waals surface area (Å²) >= 11 is 3.00. The van der Waals surface area contributed by atoms with Crippen molar-refractivity contribution in [2.45, 2.75) is 13.1 Å². The van der Waals surface area contributed by atoms with E-state index in [1.54, 1.807) is 29.4 Å². The summed E-state index contributed by atoms with van der Waals surface area (Å²) in [5.41, 5.74) is 1.10. The van der Waals surface area contributed by atoms with Crippen LogP contribution in [0.15, 0.2) is 64.1 Å². The van der Waals surface area contributed by atoms with Crippen molar-refractivity contribution in [1.29, 1.82) is 0 Å². The van der Waals surface area contributed by atoms with E-state index in [1.807, 2.05) is 53.2 Å². The molecule has 3 heterocycles. The molecule has 7 heteroatoms. The van der Waals surface area contributed by atoms with Gasteiger partial charge in [-0.15, -0.1) is 22.7 Å². The van der Waals surface area contributed by atoms with Gasteiger partial charge < -0.3 is 14.6 Å². The first kappa shape index (κ1) is 18.5. The van der Waals surface area contributed by atoms with Crippen LogP contribution >= 0.6 is 22.7 Å². The van der Waals surface area contributed by atoms with Crippen molar-refractivity contribution in [3.8, 4) is 5.75 Å². The lowest BCUT2D eigenvalue weighted by molar-refractivity contribution is 0.0736. The van der Waals surface area contributed by atoms with Crippen LogP contribution in [0.5, 0.6) is 5.75 Å². The zero-order valence-corrected chi connectivity index (χ0v) is 16.8. The maximum absolute atomic E-state index is 13.0. The van der Waals surface area contributed by atoms with Crippen LogP contribution in [-0.2, 0) is 13.1 Å². The van der Waals surface area contributed by atoms with Gasteiger partial charge in [0, 0.05) is 21.3 Å². The molecular weight excluding hydrogens is 392 g/mol. The van der Waals surface area contributed by atoms with Gasteiger partial charge in [-0.25, -0.2) is 0 Å². The molecule has 0 radical (unpaired) electrons. The van der Waals surface area contributed by atoms with E-state index in [1.165, 1.54) is 11.3 Å². The second-order valence-electron chi connectivity index (χ2n) is 6.29. The van der Waals surface area contributed by atoms with Gasteiger partial charge in [-0.2, -0.15) is 0 Å². The average Bonchev–Trinajstić information content (AvgIpc) is 3.41. The Kier molecular flexibility index (Phi) is 5.27. The molecule has 28 heavy (non-hydrogen) atoms. The standard InChI is InChI=1S/C21H18N2O3S2/c1-26-16-6-7-18-14(11-16)10-15(20(24)22-18)12-23(13-17-4-2-8-27-17)21(25)19-5-3-9-28-19/h2-11H,12-13H2,1H3,(H,22,24). The van der Waals surface area contributed by atoms with Crippen molar-refractivity contribution < 1.29 is 9.53 Å². The second-order valence-corrected chi connectivity index (χ2v) is 8.27. The Balaban J connectivity index is 1.70. The number of amides is 1. The smallest absolute Gasteiger partial charge is 0.264 e. The zero-order chi connectivity index (χ0) is 19.5. The van der Waals surface area contributed by atoms with Gasteiger partial charge in [0.05, 0.1) is 25.1 Å². The third kappa shape index (κ3) is 3.85. The molecule has 5 nitrogen and oxygen atoms in total. The van der Waals surface area contributed by atoms with Crippen LogP contribution in [-0.4, -0.2) is 22.9 Å². The topological polar surface area (TPSA) is 62.4 Å². The van der Waals surface area contributed by atoms with Crippen LogP contribution < -0.4 is 10.3 Å². The summed E-state index contributed by atoms with van der Waals surface area (Å²) in [6, 6.07) is 15.0. The number of hydrogen-bond acceptors (Lipinski definition) is 5. The minimum Gasteiger partial charge on any atom is -0.497 e. The Bertz CT molecular complexity index is 1150. The van der Waals surface area contributed by atoms with E-state index in [2.05, 4.69) is 4.98 Å². The predicted octanol–water partition coefficient (Wildman–Crippen LogP) is 4.50. The summed E-state index contributed by atoms with van der Waals surface area (Å²) in [6.07, 6.45) is 0. The molecule has 0 unspecified atom stereocenters. The number of nitrogens with zero attached hydrogens (tertiary/aromatic N) is 1. The number of pyridine rings is 1. The molecule has 0 atom stereocenters. The molecule has 0 aliphatic rings. The number of H-pyrrole nitrogens is 1. The van der Waals surface area contributed by atoms with Crippen LogP contribution in [0, 0.1) is 0 Å². The molecule has 0 saturated heterocycles. The number of aromatic amines is 1.